The van der Waals surface area contributed by atoms with Crippen LogP contribution in [-0.2, 0) is 27.5 Å². The van der Waals surface area contributed by atoms with Gasteiger partial charge in [0.1, 0.15) is 6.61 Å². The van der Waals surface area contributed by atoms with Crippen molar-refractivity contribution in [1.29, 1.82) is 0 Å². The van der Waals surface area contributed by atoms with Crippen LogP contribution >= 0.6 is 0 Å². The van der Waals surface area contributed by atoms with E-state index in [1.807, 2.05) is 44.2 Å². The van der Waals surface area contributed by atoms with Gasteiger partial charge in [-0.3, -0.25) is 9.59 Å². The number of amides is 2. The first kappa shape index (κ1) is 25.8. The summed E-state index contributed by atoms with van der Waals surface area (Å²) in [7, 11) is 0. The zero-order valence-electron chi connectivity index (χ0n) is 19.1. The first-order chi connectivity index (χ1) is 15.8. The van der Waals surface area contributed by atoms with E-state index in [4.69, 9.17) is 9.84 Å². The number of aliphatic hydroxyl groups excluding tert-OH is 1. The molecule has 0 aromatic heterocycles. The Kier molecular flexibility index (Phi) is 10.3. The van der Waals surface area contributed by atoms with E-state index in [0.29, 0.717) is 12.1 Å². The van der Waals surface area contributed by atoms with Crippen LogP contribution in [0.25, 0.3) is 0 Å². The van der Waals surface area contributed by atoms with E-state index >= 15 is 0 Å². The number of hydrogen-bond donors (Lipinski definition) is 3. The summed E-state index contributed by atoms with van der Waals surface area (Å²) in [6, 6.07) is 15.3. The average molecular weight is 453 g/mol. The largest absolute Gasteiger partial charge is 0.445 e. The molecule has 0 saturated carbocycles. The maximum Gasteiger partial charge on any atom is 0.408 e. The number of anilines is 1. The molecular weight excluding hydrogens is 420 g/mol. The lowest BCUT2D eigenvalue weighted by Crippen LogP contribution is -2.45. The molecular formula is C26H32N2O5. The molecule has 0 radical (unpaired) electrons. The molecule has 33 heavy (non-hydrogen) atoms. The second kappa shape index (κ2) is 13.2. The van der Waals surface area contributed by atoms with Crippen molar-refractivity contribution in [1.82, 2.24) is 5.32 Å². The highest BCUT2D eigenvalue weighted by atomic mass is 16.5. The van der Waals surface area contributed by atoms with Crippen LogP contribution in [0.1, 0.15) is 37.8 Å². The molecule has 7 heteroatoms. The zero-order valence-corrected chi connectivity index (χ0v) is 19.1. The van der Waals surface area contributed by atoms with Crippen molar-refractivity contribution in [3.8, 4) is 0 Å². The van der Waals surface area contributed by atoms with Gasteiger partial charge in [0.05, 0.1) is 12.6 Å². The number of ether oxygens (including phenoxy) is 1. The lowest BCUT2D eigenvalue weighted by molar-refractivity contribution is -0.127. The molecule has 2 aromatic rings. The van der Waals surface area contributed by atoms with Gasteiger partial charge in [-0.2, -0.15) is 0 Å². The molecule has 0 spiro atoms. The number of carbonyl (C=O) groups excluding carboxylic acids is 3. The second-order valence-electron chi connectivity index (χ2n) is 8.16. The smallest absolute Gasteiger partial charge is 0.408 e. The number of aliphatic hydroxyl groups is 1. The molecule has 0 bridgehead atoms. The van der Waals surface area contributed by atoms with Gasteiger partial charge in [-0.15, -0.1) is 6.58 Å². The van der Waals surface area contributed by atoms with Gasteiger partial charge in [0.25, 0.3) is 0 Å². The van der Waals surface area contributed by atoms with Crippen molar-refractivity contribution in [2.75, 3.05) is 5.32 Å². The third-order valence-corrected chi connectivity index (χ3v) is 5.17. The Morgan fingerprint density at radius 1 is 1.03 bits per heavy atom. The predicted molar refractivity (Wildman–Crippen MR) is 127 cm³/mol. The van der Waals surface area contributed by atoms with Gasteiger partial charge in [-0.1, -0.05) is 62.4 Å². The number of carbonyl (C=O) groups is 3. The number of benzene rings is 2. The summed E-state index contributed by atoms with van der Waals surface area (Å²) in [6.07, 6.45) is 1.18. The second-order valence-corrected chi connectivity index (χ2v) is 8.16. The minimum Gasteiger partial charge on any atom is -0.445 e. The molecule has 0 aliphatic rings. The summed E-state index contributed by atoms with van der Waals surface area (Å²) in [4.78, 5) is 38.1. The van der Waals surface area contributed by atoms with Crippen LogP contribution in [0.2, 0.25) is 0 Å². The number of ketones is 1. The number of alkyl carbamates (subject to hydrolysis) is 1. The van der Waals surface area contributed by atoms with E-state index < -0.39 is 18.1 Å². The van der Waals surface area contributed by atoms with Crippen LogP contribution in [-0.4, -0.2) is 28.9 Å². The summed E-state index contributed by atoms with van der Waals surface area (Å²) in [5.74, 6) is -1.37. The standard InChI is InChI=1S/C26H32N2O5/c1-4-8-21(25(31)27-22-13-11-19(16-29)12-14-22)15-23(30)24(18(2)3)28-26(32)33-17-20-9-6-5-7-10-20/h4-7,9-14,18,21,24,29H,1,8,15-17H2,2-3H3,(H,27,31)(H,28,32)/t21-,24+/m1/s1. The molecule has 3 N–H and O–H groups in total. The Balaban J connectivity index is 1.98. The van der Waals surface area contributed by atoms with Gasteiger partial charge in [-0.25, -0.2) is 4.79 Å². The first-order valence-corrected chi connectivity index (χ1v) is 11.0. The van der Waals surface area contributed by atoms with Gasteiger partial charge in [0.15, 0.2) is 5.78 Å². The molecule has 7 nitrogen and oxygen atoms in total. The van der Waals surface area contributed by atoms with Crippen LogP contribution in [0.3, 0.4) is 0 Å². The van der Waals surface area contributed by atoms with Gasteiger partial charge < -0.3 is 20.5 Å². The normalized spacial score (nSPS) is 12.5. The summed E-state index contributed by atoms with van der Waals surface area (Å²) >= 11 is 0. The summed E-state index contributed by atoms with van der Waals surface area (Å²) in [5, 5.41) is 14.6. The van der Waals surface area contributed by atoms with Crippen LogP contribution < -0.4 is 10.6 Å². The van der Waals surface area contributed by atoms with Crippen molar-refractivity contribution in [3.05, 3.63) is 78.4 Å². The summed E-state index contributed by atoms with van der Waals surface area (Å²) in [5.41, 5.74) is 2.15. The van der Waals surface area contributed by atoms with Gasteiger partial charge in [-0.05, 0) is 35.6 Å². The van der Waals surface area contributed by atoms with Crippen LogP contribution in [0.5, 0.6) is 0 Å². The number of Topliss-reactive ketones (excluding diaryl/α,β-unsaturated/α-hetero) is 1. The molecule has 0 unspecified atom stereocenters. The topological polar surface area (TPSA) is 105 Å². The summed E-state index contributed by atoms with van der Waals surface area (Å²) < 4.78 is 5.24. The van der Waals surface area contributed by atoms with Crippen molar-refractivity contribution >= 4 is 23.5 Å². The molecule has 0 heterocycles. The van der Waals surface area contributed by atoms with Crippen LogP contribution in [0.4, 0.5) is 10.5 Å². The molecule has 2 aromatic carbocycles. The number of hydrogen-bond acceptors (Lipinski definition) is 5. The molecule has 2 rings (SSSR count). The Morgan fingerprint density at radius 2 is 1.70 bits per heavy atom. The molecule has 0 fully saturated rings. The highest BCUT2D eigenvalue weighted by Crippen LogP contribution is 2.18. The third-order valence-electron chi connectivity index (χ3n) is 5.17. The quantitative estimate of drug-likeness (QED) is 0.418. The maximum atomic E-state index is 13.0. The Bertz CT molecular complexity index is 925. The average Bonchev–Trinajstić information content (AvgIpc) is 2.81. The molecule has 2 amide bonds. The first-order valence-electron chi connectivity index (χ1n) is 11.0. The monoisotopic (exact) mass is 452 g/mol. The highest BCUT2D eigenvalue weighted by molar-refractivity contribution is 5.97. The highest BCUT2D eigenvalue weighted by Gasteiger charge is 2.29. The van der Waals surface area contributed by atoms with Crippen molar-refractivity contribution in [3.63, 3.8) is 0 Å². The van der Waals surface area contributed by atoms with Crippen molar-refractivity contribution in [2.45, 2.75) is 45.9 Å². The van der Waals surface area contributed by atoms with Gasteiger partial charge in [0.2, 0.25) is 5.91 Å². The number of nitrogens with one attached hydrogen (secondary N) is 2. The molecule has 0 aliphatic carbocycles. The van der Waals surface area contributed by atoms with E-state index in [1.165, 1.54) is 0 Å². The Morgan fingerprint density at radius 3 is 2.27 bits per heavy atom. The minimum absolute atomic E-state index is 0.0472. The summed E-state index contributed by atoms with van der Waals surface area (Å²) in [6.45, 7) is 7.36. The van der Waals surface area contributed by atoms with Crippen molar-refractivity contribution in [2.24, 2.45) is 11.8 Å². The van der Waals surface area contributed by atoms with Crippen LogP contribution in [0.15, 0.2) is 67.3 Å². The maximum absolute atomic E-state index is 13.0. The van der Waals surface area contributed by atoms with E-state index in [9.17, 15) is 14.4 Å². The lowest BCUT2D eigenvalue weighted by Gasteiger charge is -2.23. The lowest BCUT2D eigenvalue weighted by atomic mass is 9.90. The Labute approximate surface area is 194 Å². The fourth-order valence-electron chi connectivity index (χ4n) is 3.30. The fourth-order valence-corrected chi connectivity index (χ4v) is 3.30. The fraction of sp³-hybridized carbons (Fsp3) is 0.346. The minimum atomic E-state index is -0.780. The number of allylic oxidation sites excluding steroid dienone is 1. The number of rotatable bonds is 12. The van der Waals surface area contributed by atoms with E-state index in [-0.39, 0.29) is 37.2 Å². The van der Waals surface area contributed by atoms with Crippen molar-refractivity contribution < 1.29 is 24.2 Å². The molecule has 176 valence electrons. The Hall–Kier alpha value is -3.45. The zero-order chi connectivity index (χ0) is 24.2. The SMILES string of the molecule is C=CC[C@H](CC(=O)[C@@H](NC(=O)OCc1ccccc1)C(C)C)C(=O)Nc1ccc(CO)cc1. The van der Waals surface area contributed by atoms with E-state index in [0.717, 1.165) is 11.1 Å². The molecule has 0 aliphatic heterocycles. The molecule has 2 atom stereocenters. The molecule has 0 saturated heterocycles. The van der Waals surface area contributed by atoms with Gasteiger partial charge in [0, 0.05) is 18.0 Å². The van der Waals surface area contributed by atoms with Gasteiger partial charge >= 0.3 is 6.09 Å². The third kappa shape index (κ3) is 8.54. The van der Waals surface area contributed by atoms with E-state index in [2.05, 4.69) is 17.2 Å². The van der Waals surface area contributed by atoms with Crippen LogP contribution in [0, 0.1) is 11.8 Å². The predicted octanol–water partition coefficient (Wildman–Crippen LogP) is 4.22. The van der Waals surface area contributed by atoms with E-state index in [1.54, 1.807) is 30.3 Å².